The molecule has 0 fully saturated rings. The first-order valence-corrected chi connectivity index (χ1v) is 7.62. The van der Waals surface area contributed by atoms with Crippen LogP contribution in [0.15, 0.2) is 53.6 Å². The average molecular weight is 331 g/mol. The smallest absolute Gasteiger partial charge is 0.186 e. The van der Waals surface area contributed by atoms with Gasteiger partial charge in [-0.05, 0) is 54.5 Å². The number of benzene rings is 2. The number of hydrazone groups is 1. The highest BCUT2D eigenvalue weighted by Gasteiger charge is 1.98. The van der Waals surface area contributed by atoms with Crippen molar-refractivity contribution in [3.05, 3.63) is 65.5 Å². The Balaban J connectivity index is 1.90. The van der Waals surface area contributed by atoms with E-state index >= 15 is 0 Å². The van der Waals surface area contributed by atoms with E-state index in [0.29, 0.717) is 17.5 Å². The summed E-state index contributed by atoms with van der Waals surface area (Å²) in [6.07, 6.45) is 1.66. The molecule has 2 N–H and O–H groups in total. The Hall–Kier alpha value is -2.47. The van der Waals surface area contributed by atoms with E-state index in [2.05, 4.69) is 15.8 Å². The zero-order valence-corrected chi connectivity index (χ0v) is 13.6. The SMILES string of the molecule is CCNC(=S)NN=Cc1cccc(OCc2ccc(F)cc2)c1. The Labute approximate surface area is 140 Å². The van der Waals surface area contributed by atoms with Gasteiger partial charge in [-0.3, -0.25) is 5.43 Å². The Kier molecular flexibility index (Phi) is 6.50. The Morgan fingerprint density at radius 3 is 2.78 bits per heavy atom. The summed E-state index contributed by atoms with van der Waals surface area (Å²) in [6.45, 7) is 3.08. The van der Waals surface area contributed by atoms with E-state index < -0.39 is 0 Å². The maximum atomic E-state index is 12.9. The fourth-order valence-electron chi connectivity index (χ4n) is 1.80. The van der Waals surface area contributed by atoms with E-state index in [9.17, 15) is 4.39 Å². The fraction of sp³-hybridized carbons (Fsp3) is 0.176. The fourth-order valence-corrected chi connectivity index (χ4v) is 1.99. The lowest BCUT2D eigenvalue weighted by Gasteiger charge is -2.07. The van der Waals surface area contributed by atoms with Gasteiger partial charge in [-0.1, -0.05) is 24.3 Å². The minimum Gasteiger partial charge on any atom is -0.489 e. The third-order valence-electron chi connectivity index (χ3n) is 2.89. The normalized spacial score (nSPS) is 10.5. The highest BCUT2D eigenvalue weighted by molar-refractivity contribution is 7.80. The highest BCUT2D eigenvalue weighted by Crippen LogP contribution is 2.14. The molecule has 0 aromatic heterocycles. The number of hydrogen-bond donors (Lipinski definition) is 2. The summed E-state index contributed by atoms with van der Waals surface area (Å²) >= 11 is 5.01. The van der Waals surface area contributed by atoms with E-state index in [0.717, 1.165) is 17.7 Å². The standard InChI is InChI=1S/C17H18FN3OS/c1-2-19-17(23)21-20-11-14-4-3-5-16(10-14)22-12-13-6-8-15(18)9-7-13/h3-11H,2,12H2,1H3,(H2,19,21,23). The second-order valence-corrected chi connectivity index (χ2v) is 5.13. The van der Waals surface area contributed by atoms with Gasteiger partial charge in [-0.15, -0.1) is 0 Å². The predicted molar refractivity (Wildman–Crippen MR) is 94.2 cm³/mol. The number of halogens is 1. The molecule has 0 bridgehead atoms. The van der Waals surface area contributed by atoms with Crippen LogP contribution in [0.2, 0.25) is 0 Å². The molecule has 120 valence electrons. The summed E-state index contributed by atoms with van der Waals surface area (Å²) in [7, 11) is 0. The number of rotatable bonds is 6. The molecule has 6 heteroatoms. The zero-order chi connectivity index (χ0) is 16.5. The van der Waals surface area contributed by atoms with E-state index in [1.54, 1.807) is 18.3 Å². The molecule has 0 aliphatic rings. The van der Waals surface area contributed by atoms with Gasteiger partial charge in [-0.25, -0.2) is 4.39 Å². The van der Waals surface area contributed by atoms with E-state index in [1.807, 2.05) is 31.2 Å². The van der Waals surface area contributed by atoms with Crippen molar-refractivity contribution < 1.29 is 9.13 Å². The van der Waals surface area contributed by atoms with Crippen LogP contribution in [0.1, 0.15) is 18.1 Å². The number of nitrogens with zero attached hydrogens (tertiary/aromatic N) is 1. The zero-order valence-electron chi connectivity index (χ0n) is 12.8. The molecule has 0 spiro atoms. The molecule has 0 unspecified atom stereocenters. The molecule has 0 amide bonds. The Bertz CT molecular complexity index is 674. The molecular weight excluding hydrogens is 313 g/mol. The summed E-state index contributed by atoms with van der Waals surface area (Å²) in [5.74, 6) is 0.461. The molecule has 23 heavy (non-hydrogen) atoms. The van der Waals surface area contributed by atoms with Gasteiger partial charge < -0.3 is 10.1 Å². The third-order valence-corrected chi connectivity index (χ3v) is 3.13. The van der Waals surface area contributed by atoms with Gasteiger partial charge in [0, 0.05) is 6.54 Å². The largest absolute Gasteiger partial charge is 0.489 e. The first kappa shape index (κ1) is 16.9. The summed E-state index contributed by atoms with van der Waals surface area (Å²) in [5, 5.41) is 7.47. The van der Waals surface area contributed by atoms with E-state index in [4.69, 9.17) is 17.0 Å². The molecule has 0 saturated carbocycles. The van der Waals surface area contributed by atoms with Gasteiger partial charge >= 0.3 is 0 Å². The average Bonchev–Trinajstić information content (AvgIpc) is 2.55. The van der Waals surface area contributed by atoms with Crippen molar-refractivity contribution in [2.45, 2.75) is 13.5 Å². The van der Waals surface area contributed by atoms with Crippen molar-refractivity contribution in [2.24, 2.45) is 5.10 Å². The van der Waals surface area contributed by atoms with Crippen LogP contribution in [0.3, 0.4) is 0 Å². The molecule has 2 rings (SSSR count). The van der Waals surface area contributed by atoms with Crippen LogP contribution in [0.5, 0.6) is 5.75 Å². The van der Waals surface area contributed by atoms with Gasteiger partial charge in [0.2, 0.25) is 0 Å². The first-order chi connectivity index (χ1) is 11.2. The van der Waals surface area contributed by atoms with Crippen LogP contribution < -0.4 is 15.5 Å². The third kappa shape index (κ3) is 6.04. The lowest BCUT2D eigenvalue weighted by Crippen LogP contribution is -2.31. The van der Waals surface area contributed by atoms with Crippen LogP contribution >= 0.6 is 12.2 Å². The van der Waals surface area contributed by atoms with Crippen LogP contribution in [-0.2, 0) is 6.61 Å². The van der Waals surface area contributed by atoms with Crippen LogP contribution in [0.25, 0.3) is 0 Å². The van der Waals surface area contributed by atoms with Gasteiger partial charge in [0.15, 0.2) is 5.11 Å². The van der Waals surface area contributed by atoms with Crippen LogP contribution in [0.4, 0.5) is 4.39 Å². The Morgan fingerprint density at radius 1 is 1.26 bits per heavy atom. The maximum absolute atomic E-state index is 12.9. The number of ether oxygens (including phenoxy) is 1. The quantitative estimate of drug-likeness (QED) is 0.485. The van der Waals surface area contributed by atoms with Gasteiger partial charge in [0.25, 0.3) is 0 Å². The minimum atomic E-state index is -0.255. The van der Waals surface area contributed by atoms with Gasteiger partial charge in [0.1, 0.15) is 18.2 Å². The monoisotopic (exact) mass is 331 g/mol. The second kappa shape index (κ2) is 8.85. The topological polar surface area (TPSA) is 45.7 Å². The number of thiocarbonyl (C=S) groups is 1. The van der Waals surface area contributed by atoms with Crippen molar-refractivity contribution in [3.8, 4) is 5.75 Å². The molecule has 2 aromatic carbocycles. The molecule has 0 radical (unpaired) electrons. The maximum Gasteiger partial charge on any atom is 0.186 e. The van der Waals surface area contributed by atoms with Crippen molar-refractivity contribution in [1.29, 1.82) is 0 Å². The lowest BCUT2D eigenvalue weighted by atomic mass is 10.2. The second-order valence-electron chi connectivity index (χ2n) is 4.72. The van der Waals surface area contributed by atoms with Gasteiger partial charge in [-0.2, -0.15) is 5.10 Å². The minimum absolute atomic E-state index is 0.255. The number of hydrogen-bond acceptors (Lipinski definition) is 3. The summed E-state index contributed by atoms with van der Waals surface area (Å²) in [4.78, 5) is 0. The van der Waals surface area contributed by atoms with Crippen molar-refractivity contribution in [1.82, 2.24) is 10.7 Å². The molecule has 0 saturated heterocycles. The number of nitrogens with one attached hydrogen (secondary N) is 2. The van der Waals surface area contributed by atoms with Crippen LogP contribution in [0, 0.1) is 5.82 Å². The summed E-state index contributed by atoms with van der Waals surface area (Å²) in [5.41, 5.74) is 4.52. The van der Waals surface area contributed by atoms with Crippen molar-refractivity contribution >= 4 is 23.5 Å². The molecule has 4 nitrogen and oxygen atoms in total. The summed E-state index contributed by atoms with van der Waals surface area (Å²) in [6, 6.07) is 13.7. The van der Waals surface area contributed by atoms with E-state index in [-0.39, 0.29) is 5.82 Å². The molecule has 0 aliphatic heterocycles. The molecule has 0 aliphatic carbocycles. The van der Waals surface area contributed by atoms with Crippen molar-refractivity contribution in [3.63, 3.8) is 0 Å². The lowest BCUT2D eigenvalue weighted by molar-refractivity contribution is 0.306. The van der Waals surface area contributed by atoms with E-state index in [1.165, 1.54) is 12.1 Å². The molecule has 0 heterocycles. The molecule has 2 aromatic rings. The first-order valence-electron chi connectivity index (χ1n) is 7.21. The predicted octanol–water partition coefficient (Wildman–Crippen LogP) is 3.22. The van der Waals surface area contributed by atoms with Crippen molar-refractivity contribution in [2.75, 3.05) is 6.54 Å². The highest BCUT2D eigenvalue weighted by atomic mass is 32.1. The molecule has 0 atom stereocenters. The van der Waals surface area contributed by atoms with Crippen LogP contribution in [-0.4, -0.2) is 17.9 Å². The summed E-state index contributed by atoms with van der Waals surface area (Å²) < 4.78 is 18.5. The Morgan fingerprint density at radius 2 is 2.04 bits per heavy atom. The van der Waals surface area contributed by atoms with Gasteiger partial charge in [0.05, 0.1) is 6.21 Å². The molecular formula is C17H18FN3OS.